The zero-order valence-electron chi connectivity index (χ0n) is 11.7. The highest BCUT2D eigenvalue weighted by Gasteiger charge is 2.40. The maximum absolute atomic E-state index is 13.1. The van der Waals surface area contributed by atoms with Crippen molar-refractivity contribution in [3.8, 4) is 5.75 Å². The molecule has 0 spiro atoms. The number of rotatable bonds is 4. The molecule has 1 aromatic heterocycles. The molecule has 1 aliphatic rings. The fourth-order valence-electron chi connectivity index (χ4n) is 2.31. The van der Waals surface area contributed by atoms with E-state index in [4.69, 9.17) is 4.74 Å². The van der Waals surface area contributed by atoms with Crippen LogP contribution in [0.3, 0.4) is 0 Å². The first-order valence-corrected chi connectivity index (χ1v) is 8.92. The summed E-state index contributed by atoms with van der Waals surface area (Å²) in [4.78, 5) is 17.5. The zero-order valence-corrected chi connectivity index (χ0v) is 13.3. The Bertz CT molecular complexity index is 834. The number of aromatic nitrogens is 1. The largest absolute Gasteiger partial charge is 0.494 e. The molecule has 0 saturated carbocycles. The highest BCUT2D eigenvalue weighted by molar-refractivity contribution is 7.87. The van der Waals surface area contributed by atoms with E-state index in [9.17, 15) is 17.1 Å². The van der Waals surface area contributed by atoms with Crippen molar-refractivity contribution >= 4 is 42.8 Å². The van der Waals surface area contributed by atoms with Crippen LogP contribution in [-0.4, -0.2) is 37.7 Å². The third-order valence-electron chi connectivity index (χ3n) is 3.38. The summed E-state index contributed by atoms with van der Waals surface area (Å²) < 4.78 is 41.2. The number of ether oxygens (including phenoxy) is 1. The molecule has 0 aliphatic carbocycles. The predicted octanol–water partition coefficient (Wildman–Crippen LogP) is 2.10. The van der Waals surface area contributed by atoms with Crippen molar-refractivity contribution in [3.63, 3.8) is 0 Å². The fourth-order valence-corrected chi connectivity index (χ4v) is 4.00. The van der Waals surface area contributed by atoms with Gasteiger partial charge in [-0.2, -0.15) is 8.42 Å². The van der Waals surface area contributed by atoms with Gasteiger partial charge in [0.15, 0.2) is 5.13 Å². The molecular weight excluding hydrogens is 331 g/mol. The van der Waals surface area contributed by atoms with Crippen LogP contribution in [0.25, 0.3) is 10.2 Å². The van der Waals surface area contributed by atoms with Crippen molar-refractivity contribution in [1.82, 2.24) is 4.98 Å². The molecule has 1 unspecified atom stereocenters. The highest BCUT2D eigenvalue weighted by atomic mass is 32.3. The van der Waals surface area contributed by atoms with E-state index >= 15 is 0 Å². The molecule has 0 bridgehead atoms. The van der Waals surface area contributed by atoms with Gasteiger partial charge in [0.1, 0.15) is 11.0 Å². The number of carbonyl (C=O) groups excluding carboxylic acids is 1. The first-order chi connectivity index (χ1) is 10.4. The minimum absolute atomic E-state index is 0.199. The Morgan fingerprint density at radius 1 is 1.50 bits per heavy atom. The lowest BCUT2D eigenvalue weighted by Gasteiger charge is -2.11. The van der Waals surface area contributed by atoms with Crippen LogP contribution in [0.1, 0.15) is 13.3 Å². The Morgan fingerprint density at radius 2 is 2.27 bits per heavy atom. The van der Waals surface area contributed by atoms with Gasteiger partial charge in [0.05, 0.1) is 16.8 Å². The van der Waals surface area contributed by atoms with Gasteiger partial charge in [-0.15, -0.1) is 3.89 Å². The third-order valence-corrected chi connectivity index (χ3v) is 5.53. The van der Waals surface area contributed by atoms with E-state index in [-0.39, 0.29) is 13.0 Å². The SMILES string of the molecule is CCOc1ccc2nc(N3CC(S(=O)(=O)F)CC3=O)sc2c1. The van der Waals surface area contributed by atoms with Gasteiger partial charge in [-0.05, 0) is 25.1 Å². The molecule has 3 rings (SSSR count). The number of nitrogens with zero attached hydrogens (tertiary/aromatic N) is 2. The number of fused-ring (bicyclic) bond motifs is 1. The van der Waals surface area contributed by atoms with Gasteiger partial charge in [0.2, 0.25) is 5.91 Å². The smallest absolute Gasteiger partial charge is 0.307 e. The molecule has 118 valence electrons. The summed E-state index contributed by atoms with van der Waals surface area (Å²) in [6.45, 7) is 2.22. The topological polar surface area (TPSA) is 76.6 Å². The van der Waals surface area contributed by atoms with Crippen LogP contribution in [-0.2, 0) is 15.0 Å². The van der Waals surface area contributed by atoms with E-state index < -0.39 is 21.4 Å². The van der Waals surface area contributed by atoms with Gasteiger partial charge in [-0.1, -0.05) is 11.3 Å². The van der Waals surface area contributed by atoms with Gasteiger partial charge >= 0.3 is 10.2 Å². The van der Waals surface area contributed by atoms with Gasteiger partial charge in [0.25, 0.3) is 0 Å². The number of halogens is 1. The number of hydrogen-bond acceptors (Lipinski definition) is 6. The molecule has 0 N–H and O–H groups in total. The molecular formula is C13H13FN2O4S2. The molecule has 9 heteroatoms. The van der Waals surface area contributed by atoms with E-state index in [1.165, 1.54) is 16.2 Å². The minimum atomic E-state index is -4.73. The van der Waals surface area contributed by atoms with Crippen LogP contribution in [0.2, 0.25) is 0 Å². The maximum atomic E-state index is 13.1. The summed E-state index contributed by atoms with van der Waals surface area (Å²) in [5.74, 6) is 0.262. The Morgan fingerprint density at radius 3 is 2.91 bits per heavy atom. The van der Waals surface area contributed by atoms with Crippen molar-refractivity contribution in [2.75, 3.05) is 18.1 Å². The molecule has 22 heavy (non-hydrogen) atoms. The first-order valence-electron chi connectivity index (χ1n) is 6.65. The standard InChI is InChI=1S/C13H13FN2O4S2/c1-2-20-8-3-4-10-11(5-8)21-13(15-10)16-7-9(6-12(16)17)22(14,18)19/h3-5,9H,2,6-7H2,1H3. The van der Waals surface area contributed by atoms with E-state index in [2.05, 4.69) is 4.98 Å². The summed E-state index contributed by atoms with van der Waals surface area (Å²) in [6, 6.07) is 5.35. The number of benzene rings is 1. The summed E-state index contributed by atoms with van der Waals surface area (Å²) in [5, 5.41) is -0.939. The molecule has 1 amide bonds. The summed E-state index contributed by atoms with van der Waals surface area (Å²) in [6.07, 6.45) is -0.348. The van der Waals surface area contributed by atoms with Crippen molar-refractivity contribution < 1.29 is 21.8 Å². The van der Waals surface area contributed by atoms with Gasteiger partial charge in [0, 0.05) is 13.0 Å². The second-order valence-electron chi connectivity index (χ2n) is 4.87. The average Bonchev–Trinajstić information content (AvgIpc) is 3.01. The molecule has 6 nitrogen and oxygen atoms in total. The monoisotopic (exact) mass is 344 g/mol. The van der Waals surface area contributed by atoms with Gasteiger partial charge in [-0.3, -0.25) is 9.69 Å². The molecule has 1 aliphatic heterocycles. The molecule has 0 radical (unpaired) electrons. The summed E-state index contributed by atoms with van der Waals surface area (Å²) in [7, 11) is -4.73. The quantitative estimate of drug-likeness (QED) is 0.794. The first kappa shape index (κ1) is 15.2. The molecule has 1 saturated heterocycles. The number of thiazole rings is 1. The molecule has 2 heterocycles. The van der Waals surface area contributed by atoms with Gasteiger partial charge in [-0.25, -0.2) is 4.98 Å². The lowest BCUT2D eigenvalue weighted by molar-refractivity contribution is -0.117. The van der Waals surface area contributed by atoms with Crippen molar-refractivity contribution in [1.29, 1.82) is 0 Å². The minimum Gasteiger partial charge on any atom is -0.494 e. The van der Waals surface area contributed by atoms with Crippen LogP contribution in [0.15, 0.2) is 18.2 Å². The Balaban J connectivity index is 1.92. The second kappa shape index (κ2) is 5.47. The van der Waals surface area contributed by atoms with E-state index in [1.807, 2.05) is 13.0 Å². The normalized spacial score (nSPS) is 19.1. The van der Waals surface area contributed by atoms with Crippen molar-refractivity contribution in [3.05, 3.63) is 18.2 Å². The molecule has 2 aromatic rings. The highest BCUT2D eigenvalue weighted by Crippen LogP contribution is 2.34. The summed E-state index contributed by atoms with van der Waals surface area (Å²) in [5.41, 5.74) is 0.683. The average molecular weight is 344 g/mol. The Kier molecular flexibility index (Phi) is 3.77. The molecule has 1 fully saturated rings. The number of anilines is 1. The summed E-state index contributed by atoms with van der Waals surface area (Å²) >= 11 is 1.25. The predicted molar refractivity (Wildman–Crippen MR) is 81.6 cm³/mol. The van der Waals surface area contributed by atoms with E-state index in [1.54, 1.807) is 12.1 Å². The molecule has 1 atom stereocenters. The van der Waals surface area contributed by atoms with Crippen LogP contribution in [0, 0.1) is 0 Å². The number of hydrogen-bond donors (Lipinski definition) is 0. The Labute approximate surface area is 130 Å². The zero-order chi connectivity index (χ0) is 15.9. The Hall–Kier alpha value is -1.74. The maximum Gasteiger partial charge on any atom is 0.307 e. The van der Waals surface area contributed by atoms with Crippen LogP contribution in [0.5, 0.6) is 5.75 Å². The van der Waals surface area contributed by atoms with Crippen LogP contribution in [0.4, 0.5) is 9.02 Å². The lowest BCUT2D eigenvalue weighted by Crippen LogP contribution is -2.26. The number of amides is 1. The van der Waals surface area contributed by atoms with Crippen LogP contribution < -0.4 is 9.64 Å². The number of carbonyl (C=O) groups is 1. The lowest BCUT2D eigenvalue weighted by atomic mass is 10.3. The van der Waals surface area contributed by atoms with E-state index in [0.29, 0.717) is 23.0 Å². The fraction of sp³-hybridized carbons (Fsp3) is 0.385. The molecule has 1 aromatic carbocycles. The van der Waals surface area contributed by atoms with Crippen LogP contribution >= 0.6 is 11.3 Å². The second-order valence-corrected chi connectivity index (χ2v) is 7.49. The van der Waals surface area contributed by atoms with Crippen molar-refractivity contribution in [2.45, 2.75) is 18.6 Å². The third kappa shape index (κ3) is 2.78. The van der Waals surface area contributed by atoms with Gasteiger partial charge < -0.3 is 4.74 Å². The van der Waals surface area contributed by atoms with E-state index in [0.717, 1.165) is 4.70 Å². The van der Waals surface area contributed by atoms with Crippen molar-refractivity contribution in [2.24, 2.45) is 0 Å².